The van der Waals surface area contributed by atoms with Gasteiger partial charge in [-0.3, -0.25) is 9.59 Å². The van der Waals surface area contributed by atoms with Crippen LogP contribution in [0.2, 0.25) is 0 Å². The van der Waals surface area contributed by atoms with Crippen LogP contribution in [0.3, 0.4) is 0 Å². The molecular weight excluding hydrogens is 370 g/mol. The van der Waals surface area contributed by atoms with Crippen LogP contribution in [0.15, 0.2) is 54.6 Å². The lowest BCUT2D eigenvalue weighted by atomic mass is 10.0. The summed E-state index contributed by atoms with van der Waals surface area (Å²) in [4.78, 5) is 29.2. The molecular formula is C22H27N3O2S. The van der Waals surface area contributed by atoms with E-state index < -0.39 is 0 Å². The third-order valence-electron chi connectivity index (χ3n) is 4.85. The number of piperazine rings is 1. The number of nitrogens with one attached hydrogen (secondary N) is 1. The maximum atomic E-state index is 12.8. The van der Waals surface area contributed by atoms with Crippen LogP contribution < -0.4 is 5.32 Å². The van der Waals surface area contributed by atoms with Crippen LogP contribution in [0.5, 0.6) is 0 Å². The lowest BCUT2D eigenvalue weighted by molar-refractivity contribution is -0.133. The molecule has 1 saturated heterocycles. The van der Waals surface area contributed by atoms with Crippen molar-refractivity contribution in [2.75, 3.05) is 43.5 Å². The SMILES string of the molecule is Cc1cccc(NC(=O)CSCC(=O)N2CCN(C)C[C@@H]2c2ccccc2)c1. The van der Waals surface area contributed by atoms with Gasteiger partial charge in [0.1, 0.15) is 0 Å². The molecule has 28 heavy (non-hydrogen) atoms. The van der Waals surface area contributed by atoms with Gasteiger partial charge in [-0.25, -0.2) is 0 Å². The van der Waals surface area contributed by atoms with E-state index in [0.717, 1.165) is 29.9 Å². The largest absolute Gasteiger partial charge is 0.332 e. The van der Waals surface area contributed by atoms with Crippen molar-refractivity contribution in [3.63, 3.8) is 0 Å². The topological polar surface area (TPSA) is 52.7 Å². The molecule has 0 aromatic heterocycles. The second-order valence-electron chi connectivity index (χ2n) is 7.19. The summed E-state index contributed by atoms with van der Waals surface area (Å²) in [6.45, 7) is 4.40. The van der Waals surface area contributed by atoms with Crippen molar-refractivity contribution in [2.24, 2.45) is 0 Å². The van der Waals surface area contributed by atoms with E-state index in [4.69, 9.17) is 0 Å². The number of benzene rings is 2. The number of hydrogen-bond donors (Lipinski definition) is 1. The third-order valence-corrected chi connectivity index (χ3v) is 5.77. The normalized spacial score (nSPS) is 17.4. The number of thioether (sulfide) groups is 1. The molecule has 1 heterocycles. The first-order chi connectivity index (χ1) is 13.5. The second-order valence-corrected chi connectivity index (χ2v) is 8.17. The Morgan fingerprint density at radius 3 is 2.61 bits per heavy atom. The van der Waals surface area contributed by atoms with Gasteiger partial charge in [-0.1, -0.05) is 42.5 Å². The highest BCUT2D eigenvalue weighted by Crippen LogP contribution is 2.25. The van der Waals surface area contributed by atoms with E-state index in [1.807, 2.05) is 54.3 Å². The van der Waals surface area contributed by atoms with E-state index in [-0.39, 0.29) is 23.6 Å². The van der Waals surface area contributed by atoms with Crippen molar-refractivity contribution < 1.29 is 9.59 Å². The van der Waals surface area contributed by atoms with Crippen molar-refractivity contribution >= 4 is 29.3 Å². The minimum atomic E-state index is -0.0820. The van der Waals surface area contributed by atoms with Gasteiger partial charge in [-0.15, -0.1) is 11.8 Å². The molecule has 1 atom stereocenters. The zero-order valence-corrected chi connectivity index (χ0v) is 17.2. The zero-order valence-electron chi connectivity index (χ0n) is 16.4. The molecule has 2 aromatic rings. The summed E-state index contributed by atoms with van der Waals surface area (Å²) >= 11 is 1.37. The molecule has 2 aromatic carbocycles. The first-order valence-corrected chi connectivity index (χ1v) is 10.7. The third kappa shape index (κ3) is 5.59. The zero-order chi connectivity index (χ0) is 19.9. The molecule has 0 saturated carbocycles. The average Bonchev–Trinajstić information content (AvgIpc) is 2.68. The van der Waals surface area contributed by atoms with Crippen LogP contribution in [0.4, 0.5) is 5.69 Å². The Hall–Kier alpha value is -2.31. The Labute approximate surface area is 171 Å². The highest BCUT2D eigenvalue weighted by molar-refractivity contribution is 8.00. The number of hydrogen-bond acceptors (Lipinski definition) is 4. The van der Waals surface area contributed by atoms with Crippen molar-refractivity contribution in [2.45, 2.75) is 13.0 Å². The van der Waals surface area contributed by atoms with E-state index in [2.05, 4.69) is 29.4 Å². The van der Waals surface area contributed by atoms with Crippen molar-refractivity contribution in [1.82, 2.24) is 9.80 Å². The molecule has 0 aliphatic carbocycles. The highest BCUT2D eigenvalue weighted by Gasteiger charge is 2.29. The van der Waals surface area contributed by atoms with Crippen LogP contribution in [0, 0.1) is 6.92 Å². The lowest BCUT2D eigenvalue weighted by Crippen LogP contribution is -2.49. The molecule has 6 heteroatoms. The van der Waals surface area contributed by atoms with Gasteiger partial charge in [0.15, 0.2) is 0 Å². The standard InChI is InChI=1S/C22H27N3O2S/c1-17-7-6-10-19(13-17)23-21(26)15-28-16-22(27)25-12-11-24(2)14-20(25)18-8-4-3-5-9-18/h3-10,13,20H,11-12,14-16H2,1-2H3,(H,23,26)/t20-/m1/s1. The van der Waals surface area contributed by atoms with Gasteiger partial charge >= 0.3 is 0 Å². The molecule has 0 bridgehead atoms. The van der Waals surface area contributed by atoms with Crippen LogP contribution in [0.25, 0.3) is 0 Å². The molecule has 1 N–H and O–H groups in total. The second kappa shape index (κ2) is 9.75. The van der Waals surface area contributed by atoms with E-state index in [0.29, 0.717) is 12.3 Å². The van der Waals surface area contributed by atoms with Gasteiger partial charge in [0, 0.05) is 25.3 Å². The number of likely N-dealkylation sites (N-methyl/N-ethyl adjacent to an activating group) is 1. The maximum absolute atomic E-state index is 12.8. The molecule has 1 aliphatic rings. The maximum Gasteiger partial charge on any atom is 0.234 e. The summed E-state index contributed by atoms with van der Waals surface area (Å²) in [5, 5.41) is 2.89. The van der Waals surface area contributed by atoms with E-state index in [1.165, 1.54) is 11.8 Å². The van der Waals surface area contributed by atoms with E-state index >= 15 is 0 Å². The molecule has 148 valence electrons. The number of amides is 2. The fourth-order valence-electron chi connectivity index (χ4n) is 3.41. The van der Waals surface area contributed by atoms with Gasteiger partial charge in [0.05, 0.1) is 17.5 Å². The number of nitrogens with zero attached hydrogens (tertiary/aromatic N) is 2. The monoisotopic (exact) mass is 397 g/mol. The predicted molar refractivity (Wildman–Crippen MR) is 116 cm³/mol. The first-order valence-electron chi connectivity index (χ1n) is 9.50. The molecule has 5 nitrogen and oxygen atoms in total. The van der Waals surface area contributed by atoms with Gasteiger partial charge in [-0.05, 0) is 37.2 Å². The Morgan fingerprint density at radius 1 is 1.07 bits per heavy atom. The smallest absolute Gasteiger partial charge is 0.234 e. The first kappa shape index (κ1) is 20.4. The summed E-state index contributed by atoms with van der Waals surface area (Å²) in [6.07, 6.45) is 0. The van der Waals surface area contributed by atoms with Crippen molar-refractivity contribution in [3.8, 4) is 0 Å². The minimum Gasteiger partial charge on any atom is -0.332 e. The summed E-state index contributed by atoms with van der Waals surface area (Å²) in [5.41, 5.74) is 3.05. The fourth-order valence-corrected chi connectivity index (χ4v) is 4.11. The van der Waals surface area contributed by atoms with Crippen LogP contribution in [0.1, 0.15) is 17.2 Å². The molecule has 2 amide bonds. The van der Waals surface area contributed by atoms with Crippen LogP contribution in [-0.4, -0.2) is 59.8 Å². The Balaban J connectivity index is 1.52. The van der Waals surface area contributed by atoms with Crippen LogP contribution in [-0.2, 0) is 9.59 Å². The quantitative estimate of drug-likeness (QED) is 0.813. The fraction of sp³-hybridized carbons (Fsp3) is 0.364. The number of anilines is 1. The number of aryl methyl sites for hydroxylation is 1. The van der Waals surface area contributed by atoms with Gasteiger partial charge < -0.3 is 15.1 Å². The lowest BCUT2D eigenvalue weighted by Gasteiger charge is -2.40. The Bertz CT molecular complexity index is 812. The van der Waals surface area contributed by atoms with Crippen molar-refractivity contribution in [1.29, 1.82) is 0 Å². The highest BCUT2D eigenvalue weighted by atomic mass is 32.2. The van der Waals surface area contributed by atoms with Crippen molar-refractivity contribution in [3.05, 3.63) is 65.7 Å². The molecule has 0 spiro atoms. The predicted octanol–water partition coefficient (Wildman–Crippen LogP) is 3.18. The van der Waals surface area contributed by atoms with Crippen LogP contribution >= 0.6 is 11.8 Å². The summed E-state index contributed by atoms with van der Waals surface area (Å²) in [7, 11) is 2.09. The summed E-state index contributed by atoms with van der Waals surface area (Å²) < 4.78 is 0. The Kier molecular flexibility index (Phi) is 7.12. The van der Waals surface area contributed by atoms with Gasteiger partial charge in [0.25, 0.3) is 0 Å². The Morgan fingerprint density at radius 2 is 1.86 bits per heavy atom. The van der Waals surface area contributed by atoms with Gasteiger partial charge in [-0.2, -0.15) is 0 Å². The molecule has 0 unspecified atom stereocenters. The van der Waals surface area contributed by atoms with E-state index in [1.54, 1.807) is 0 Å². The summed E-state index contributed by atoms with van der Waals surface area (Å²) in [5.74, 6) is 0.592. The molecule has 1 aliphatic heterocycles. The summed E-state index contributed by atoms with van der Waals surface area (Å²) in [6, 6.07) is 17.9. The molecule has 0 radical (unpaired) electrons. The molecule has 1 fully saturated rings. The molecule has 3 rings (SSSR count). The number of carbonyl (C=O) groups is 2. The minimum absolute atomic E-state index is 0.0640. The van der Waals surface area contributed by atoms with E-state index in [9.17, 15) is 9.59 Å². The number of carbonyl (C=O) groups excluding carboxylic acids is 2. The average molecular weight is 398 g/mol. The number of rotatable bonds is 6. The van der Waals surface area contributed by atoms with Gasteiger partial charge in [0.2, 0.25) is 11.8 Å².